The molecule has 2 N–H and O–H groups in total. The molecule has 3 aromatic rings. The zero-order chi connectivity index (χ0) is 17.4. The van der Waals surface area contributed by atoms with Crippen LogP contribution < -0.4 is 10.6 Å². The van der Waals surface area contributed by atoms with E-state index >= 15 is 0 Å². The quantitative estimate of drug-likeness (QED) is 0.765. The third kappa shape index (κ3) is 3.01. The number of carbonyl (C=O) groups is 2. The normalized spacial score (nSPS) is 14.7. The Labute approximate surface area is 145 Å². The minimum atomic E-state index is -0.240. The molecule has 2 heterocycles. The molecule has 1 aromatic heterocycles. The van der Waals surface area contributed by atoms with Crippen LogP contribution in [0.4, 0.5) is 5.69 Å². The van der Waals surface area contributed by atoms with Crippen LogP contribution in [0.3, 0.4) is 0 Å². The molecule has 0 saturated heterocycles. The van der Waals surface area contributed by atoms with Crippen molar-refractivity contribution in [2.45, 2.75) is 25.8 Å². The molecule has 0 saturated carbocycles. The molecule has 1 aliphatic heterocycles. The predicted octanol–water partition coefficient (Wildman–Crippen LogP) is 3.81. The van der Waals surface area contributed by atoms with E-state index in [1.807, 2.05) is 43.3 Å². The second kappa shape index (κ2) is 6.09. The Morgan fingerprint density at radius 3 is 2.84 bits per heavy atom. The van der Waals surface area contributed by atoms with Crippen molar-refractivity contribution < 1.29 is 14.0 Å². The fraction of sp³-hybridized carbons (Fsp3) is 0.200. The summed E-state index contributed by atoms with van der Waals surface area (Å²) in [6.07, 6.45) is 1.11. The van der Waals surface area contributed by atoms with Gasteiger partial charge in [0.2, 0.25) is 5.91 Å². The highest BCUT2D eigenvalue weighted by Gasteiger charge is 2.19. The number of carbonyl (C=O) groups excluding carboxylic acids is 2. The number of nitrogens with one attached hydrogen (secondary N) is 2. The minimum Gasteiger partial charge on any atom is -0.459 e. The van der Waals surface area contributed by atoms with E-state index in [1.54, 1.807) is 12.1 Å². The molecule has 1 atom stereocenters. The maximum Gasteiger partial charge on any atom is 0.251 e. The Hall–Kier alpha value is -3.08. The van der Waals surface area contributed by atoms with Crippen molar-refractivity contribution in [1.29, 1.82) is 0 Å². The van der Waals surface area contributed by atoms with E-state index in [9.17, 15) is 9.59 Å². The lowest BCUT2D eigenvalue weighted by molar-refractivity contribution is -0.116. The molecule has 4 rings (SSSR count). The summed E-state index contributed by atoms with van der Waals surface area (Å²) in [5.41, 5.74) is 3.17. The van der Waals surface area contributed by atoms with Gasteiger partial charge in [-0.3, -0.25) is 9.59 Å². The fourth-order valence-electron chi connectivity index (χ4n) is 3.09. The SMILES string of the molecule is CC(NC(=O)c1ccc2c(c1)CCC(=O)N2)c1cc2ccccc2o1. The Kier molecular flexibility index (Phi) is 3.76. The molecule has 5 nitrogen and oxygen atoms in total. The molecular formula is C20H18N2O3. The van der Waals surface area contributed by atoms with E-state index in [4.69, 9.17) is 4.42 Å². The van der Waals surface area contributed by atoms with Crippen molar-refractivity contribution in [2.24, 2.45) is 0 Å². The number of amides is 2. The van der Waals surface area contributed by atoms with Crippen LogP contribution in [-0.4, -0.2) is 11.8 Å². The van der Waals surface area contributed by atoms with Gasteiger partial charge in [0.15, 0.2) is 0 Å². The van der Waals surface area contributed by atoms with Crippen LogP contribution in [0.25, 0.3) is 11.0 Å². The number of hydrogen-bond donors (Lipinski definition) is 2. The monoisotopic (exact) mass is 334 g/mol. The number of benzene rings is 2. The smallest absolute Gasteiger partial charge is 0.251 e. The molecule has 25 heavy (non-hydrogen) atoms. The lowest BCUT2D eigenvalue weighted by Gasteiger charge is -2.18. The van der Waals surface area contributed by atoms with Gasteiger partial charge in [0, 0.05) is 23.1 Å². The maximum atomic E-state index is 12.6. The second-order valence-electron chi connectivity index (χ2n) is 6.30. The molecule has 126 valence electrons. The van der Waals surface area contributed by atoms with E-state index in [-0.39, 0.29) is 17.9 Å². The zero-order valence-electron chi connectivity index (χ0n) is 13.8. The van der Waals surface area contributed by atoms with Crippen molar-refractivity contribution in [1.82, 2.24) is 5.32 Å². The molecule has 0 radical (unpaired) electrons. The molecule has 1 aliphatic rings. The lowest BCUT2D eigenvalue weighted by Crippen LogP contribution is -2.27. The number of fused-ring (bicyclic) bond motifs is 2. The van der Waals surface area contributed by atoms with Crippen molar-refractivity contribution >= 4 is 28.5 Å². The van der Waals surface area contributed by atoms with Gasteiger partial charge in [0.1, 0.15) is 11.3 Å². The van der Waals surface area contributed by atoms with Gasteiger partial charge in [-0.05, 0) is 49.2 Å². The Bertz CT molecular complexity index is 941. The Morgan fingerprint density at radius 2 is 2.00 bits per heavy atom. The standard InChI is InChI=1S/C20H18N2O3/c1-12(18-11-14-4-2-3-5-17(14)25-18)21-20(24)15-6-8-16-13(10-15)7-9-19(23)22-16/h2-6,8,10-12H,7,9H2,1H3,(H,21,24)(H,22,23). The highest BCUT2D eigenvalue weighted by molar-refractivity contribution is 5.98. The van der Waals surface area contributed by atoms with Gasteiger partial charge < -0.3 is 15.1 Å². The highest BCUT2D eigenvalue weighted by atomic mass is 16.3. The van der Waals surface area contributed by atoms with Crippen molar-refractivity contribution in [3.8, 4) is 0 Å². The second-order valence-corrected chi connectivity index (χ2v) is 6.30. The first-order chi connectivity index (χ1) is 12.1. The van der Waals surface area contributed by atoms with Crippen LogP contribution >= 0.6 is 0 Å². The molecule has 2 aromatic carbocycles. The third-order valence-electron chi connectivity index (χ3n) is 4.48. The Morgan fingerprint density at radius 1 is 1.16 bits per heavy atom. The van der Waals surface area contributed by atoms with Gasteiger partial charge in [-0.15, -0.1) is 0 Å². The van der Waals surface area contributed by atoms with Crippen molar-refractivity contribution in [2.75, 3.05) is 5.32 Å². The van der Waals surface area contributed by atoms with Gasteiger partial charge in [-0.2, -0.15) is 0 Å². The molecule has 0 fully saturated rings. The van der Waals surface area contributed by atoms with E-state index in [0.717, 1.165) is 28.0 Å². The van der Waals surface area contributed by atoms with E-state index in [0.29, 0.717) is 18.4 Å². The van der Waals surface area contributed by atoms with Crippen LogP contribution in [0.15, 0.2) is 52.9 Å². The first-order valence-corrected chi connectivity index (χ1v) is 8.32. The third-order valence-corrected chi connectivity index (χ3v) is 4.48. The summed E-state index contributed by atoms with van der Waals surface area (Å²) in [6, 6.07) is 14.8. The van der Waals surface area contributed by atoms with Crippen LogP contribution in [0.5, 0.6) is 0 Å². The summed E-state index contributed by atoms with van der Waals surface area (Å²) in [5, 5.41) is 6.81. The molecule has 0 spiro atoms. The average molecular weight is 334 g/mol. The van der Waals surface area contributed by atoms with Crippen LogP contribution in [0.1, 0.15) is 41.1 Å². The average Bonchev–Trinajstić information content (AvgIpc) is 3.05. The number of anilines is 1. The van der Waals surface area contributed by atoms with Gasteiger partial charge in [-0.1, -0.05) is 18.2 Å². The minimum absolute atomic E-state index is 0.0169. The first kappa shape index (κ1) is 15.4. The summed E-state index contributed by atoms with van der Waals surface area (Å²) < 4.78 is 5.81. The van der Waals surface area contributed by atoms with Crippen LogP contribution in [-0.2, 0) is 11.2 Å². The van der Waals surface area contributed by atoms with Crippen LogP contribution in [0, 0.1) is 0 Å². The van der Waals surface area contributed by atoms with E-state index in [2.05, 4.69) is 10.6 Å². The topological polar surface area (TPSA) is 71.3 Å². The molecular weight excluding hydrogens is 316 g/mol. The number of aryl methyl sites for hydroxylation is 1. The summed E-state index contributed by atoms with van der Waals surface area (Å²) in [7, 11) is 0. The van der Waals surface area contributed by atoms with Crippen molar-refractivity contribution in [3.05, 3.63) is 65.4 Å². The first-order valence-electron chi connectivity index (χ1n) is 8.32. The van der Waals surface area contributed by atoms with Gasteiger partial charge in [0.05, 0.1) is 6.04 Å². The number of rotatable bonds is 3. The van der Waals surface area contributed by atoms with Gasteiger partial charge in [0.25, 0.3) is 5.91 Å². The molecule has 2 amide bonds. The molecule has 0 bridgehead atoms. The molecule has 0 aliphatic carbocycles. The van der Waals surface area contributed by atoms with Gasteiger partial charge in [-0.25, -0.2) is 0 Å². The van der Waals surface area contributed by atoms with E-state index in [1.165, 1.54) is 0 Å². The summed E-state index contributed by atoms with van der Waals surface area (Å²) >= 11 is 0. The van der Waals surface area contributed by atoms with Gasteiger partial charge >= 0.3 is 0 Å². The zero-order valence-corrected chi connectivity index (χ0v) is 13.8. The van der Waals surface area contributed by atoms with Crippen molar-refractivity contribution in [3.63, 3.8) is 0 Å². The molecule has 5 heteroatoms. The number of para-hydroxylation sites is 1. The largest absolute Gasteiger partial charge is 0.459 e. The number of furan rings is 1. The maximum absolute atomic E-state index is 12.6. The summed E-state index contributed by atoms with van der Waals surface area (Å²) in [6.45, 7) is 1.90. The Balaban J connectivity index is 1.52. The van der Waals surface area contributed by atoms with E-state index < -0.39 is 0 Å². The molecule has 1 unspecified atom stereocenters. The predicted molar refractivity (Wildman–Crippen MR) is 95.5 cm³/mol. The summed E-state index contributed by atoms with van der Waals surface area (Å²) in [4.78, 5) is 24.0. The van der Waals surface area contributed by atoms with Crippen LogP contribution in [0.2, 0.25) is 0 Å². The highest BCUT2D eigenvalue weighted by Crippen LogP contribution is 2.25. The number of hydrogen-bond acceptors (Lipinski definition) is 3. The lowest BCUT2D eigenvalue weighted by atomic mass is 10.00. The summed E-state index contributed by atoms with van der Waals surface area (Å²) in [5.74, 6) is 0.579. The fourth-order valence-corrected chi connectivity index (χ4v) is 3.09.